The van der Waals surface area contributed by atoms with Crippen LogP contribution in [0.4, 0.5) is 10.5 Å². The van der Waals surface area contributed by atoms with Crippen molar-refractivity contribution >= 4 is 41.2 Å². The number of thioether (sulfide) groups is 2. The number of carboxylic acid groups (broad SMARTS) is 1. The standard InChI is InChI=1S/C14H18N2O3S2/c1-9-6-10(2-3-12(9)13(17)18)16-14(19)15-7-11-8-20-4-5-21-11/h2-3,6,11H,4-5,7-8H2,1H3,(H,17,18)(H2,15,16,19). The first-order valence-electron chi connectivity index (χ1n) is 6.64. The monoisotopic (exact) mass is 326 g/mol. The molecule has 1 aromatic rings. The second-order valence-electron chi connectivity index (χ2n) is 4.74. The third-order valence-electron chi connectivity index (χ3n) is 3.09. The molecule has 0 saturated carbocycles. The molecule has 7 heteroatoms. The van der Waals surface area contributed by atoms with Gasteiger partial charge < -0.3 is 15.7 Å². The SMILES string of the molecule is Cc1cc(NC(=O)NCC2CSCCS2)ccc1C(=O)O. The molecule has 5 nitrogen and oxygen atoms in total. The van der Waals surface area contributed by atoms with Crippen molar-refractivity contribution in [1.29, 1.82) is 0 Å². The minimum atomic E-state index is -0.963. The summed E-state index contributed by atoms with van der Waals surface area (Å²) in [5.41, 5.74) is 1.47. The first-order valence-corrected chi connectivity index (χ1v) is 8.85. The number of aryl methyl sites for hydroxylation is 1. The van der Waals surface area contributed by atoms with Crippen molar-refractivity contribution in [1.82, 2.24) is 5.32 Å². The Morgan fingerprint density at radius 2 is 2.19 bits per heavy atom. The zero-order valence-corrected chi connectivity index (χ0v) is 13.4. The van der Waals surface area contributed by atoms with Crippen LogP contribution < -0.4 is 10.6 Å². The number of carboxylic acids is 1. The molecule has 114 valence electrons. The molecule has 0 bridgehead atoms. The first kappa shape index (κ1) is 16.0. The van der Waals surface area contributed by atoms with Gasteiger partial charge in [0.05, 0.1) is 5.56 Å². The Balaban J connectivity index is 1.84. The van der Waals surface area contributed by atoms with Crippen molar-refractivity contribution < 1.29 is 14.7 Å². The molecule has 0 aromatic heterocycles. The molecule has 2 rings (SSSR count). The van der Waals surface area contributed by atoms with Crippen molar-refractivity contribution in [3.63, 3.8) is 0 Å². The highest BCUT2D eigenvalue weighted by molar-refractivity contribution is 8.06. The van der Waals surface area contributed by atoms with Crippen LogP contribution in [0.5, 0.6) is 0 Å². The zero-order chi connectivity index (χ0) is 15.2. The molecule has 1 fully saturated rings. The number of aromatic carboxylic acids is 1. The molecular formula is C14H18N2O3S2. The summed E-state index contributed by atoms with van der Waals surface area (Å²) in [6.45, 7) is 2.36. The number of urea groups is 1. The van der Waals surface area contributed by atoms with E-state index < -0.39 is 5.97 Å². The molecule has 1 heterocycles. The molecular weight excluding hydrogens is 308 g/mol. The summed E-state index contributed by atoms with van der Waals surface area (Å²) >= 11 is 3.81. The van der Waals surface area contributed by atoms with Gasteiger partial charge in [-0.2, -0.15) is 23.5 Å². The quantitative estimate of drug-likeness (QED) is 0.793. The van der Waals surface area contributed by atoms with Crippen LogP contribution in [0.25, 0.3) is 0 Å². The number of carbonyl (C=O) groups is 2. The Morgan fingerprint density at radius 1 is 1.38 bits per heavy atom. The molecule has 1 aliphatic rings. The van der Waals surface area contributed by atoms with E-state index in [4.69, 9.17) is 5.11 Å². The van der Waals surface area contributed by atoms with E-state index in [1.54, 1.807) is 19.1 Å². The molecule has 1 unspecified atom stereocenters. The van der Waals surface area contributed by atoms with Crippen molar-refractivity contribution in [2.75, 3.05) is 29.1 Å². The number of rotatable bonds is 4. The number of hydrogen-bond acceptors (Lipinski definition) is 4. The van der Waals surface area contributed by atoms with Crippen LogP contribution in [-0.2, 0) is 0 Å². The van der Waals surface area contributed by atoms with E-state index in [-0.39, 0.29) is 11.6 Å². The van der Waals surface area contributed by atoms with Crippen molar-refractivity contribution in [2.45, 2.75) is 12.2 Å². The summed E-state index contributed by atoms with van der Waals surface area (Å²) < 4.78 is 0. The van der Waals surface area contributed by atoms with Gasteiger partial charge in [-0.1, -0.05) is 0 Å². The van der Waals surface area contributed by atoms with Gasteiger partial charge in [0.15, 0.2) is 0 Å². The number of carbonyl (C=O) groups excluding carboxylic acids is 1. The van der Waals surface area contributed by atoms with Gasteiger partial charge in [0.2, 0.25) is 0 Å². The third-order valence-corrected chi connectivity index (χ3v) is 5.93. The number of nitrogens with one attached hydrogen (secondary N) is 2. The first-order chi connectivity index (χ1) is 10.1. The predicted octanol–water partition coefficient (Wildman–Crippen LogP) is 2.66. The molecule has 1 aliphatic heterocycles. The lowest BCUT2D eigenvalue weighted by molar-refractivity contribution is 0.0696. The van der Waals surface area contributed by atoms with Gasteiger partial charge in [-0.15, -0.1) is 0 Å². The van der Waals surface area contributed by atoms with Gasteiger partial charge in [-0.25, -0.2) is 9.59 Å². The highest BCUT2D eigenvalue weighted by Crippen LogP contribution is 2.23. The van der Waals surface area contributed by atoms with Gasteiger partial charge in [-0.05, 0) is 30.7 Å². The van der Waals surface area contributed by atoms with Crippen LogP contribution in [0.15, 0.2) is 18.2 Å². The molecule has 3 N–H and O–H groups in total. The largest absolute Gasteiger partial charge is 0.478 e. The molecule has 0 radical (unpaired) electrons. The Labute approximate surface area is 132 Å². The van der Waals surface area contributed by atoms with Gasteiger partial charge in [0, 0.05) is 34.7 Å². The number of hydrogen-bond donors (Lipinski definition) is 3. The van der Waals surface area contributed by atoms with Crippen LogP contribution in [0, 0.1) is 6.92 Å². The molecule has 1 aromatic carbocycles. The summed E-state index contributed by atoms with van der Waals surface area (Å²) in [5.74, 6) is 2.42. The number of benzene rings is 1. The molecule has 1 atom stereocenters. The Bertz CT molecular complexity index is 531. The predicted molar refractivity (Wildman–Crippen MR) is 88.7 cm³/mol. The van der Waals surface area contributed by atoms with E-state index in [2.05, 4.69) is 10.6 Å². The lowest BCUT2D eigenvalue weighted by Gasteiger charge is -2.21. The van der Waals surface area contributed by atoms with Crippen LogP contribution >= 0.6 is 23.5 Å². The second-order valence-corrected chi connectivity index (χ2v) is 7.30. The Hall–Kier alpha value is -1.34. The number of anilines is 1. The topological polar surface area (TPSA) is 78.4 Å². The highest BCUT2D eigenvalue weighted by Gasteiger charge is 2.15. The fraction of sp³-hybridized carbons (Fsp3) is 0.429. The van der Waals surface area contributed by atoms with Gasteiger partial charge in [-0.3, -0.25) is 0 Å². The lowest BCUT2D eigenvalue weighted by atomic mass is 10.1. The Kier molecular flexibility index (Phi) is 5.81. The normalized spacial score (nSPS) is 18.0. The van der Waals surface area contributed by atoms with E-state index in [1.165, 1.54) is 11.8 Å². The summed E-state index contributed by atoms with van der Waals surface area (Å²) in [4.78, 5) is 22.8. The van der Waals surface area contributed by atoms with Crippen molar-refractivity contribution in [3.05, 3.63) is 29.3 Å². The molecule has 1 saturated heterocycles. The van der Waals surface area contributed by atoms with E-state index in [0.717, 1.165) is 11.5 Å². The van der Waals surface area contributed by atoms with Gasteiger partial charge in [0.25, 0.3) is 0 Å². The fourth-order valence-corrected chi connectivity index (χ4v) is 4.63. The number of amides is 2. The van der Waals surface area contributed by atoms with Gasteiger partial charge in [0.1, 0.15) is 0 Å². The summed E-state index contributed by atoms with van der Waals surface area (Å²) in [7, 11) is 0. The van der Waals surface area contributed by atoms with E-state index in [9.17, 15) is 9.59 Å². The van der Waals surface area contributed by atoms with Crippen molar-refractivity contribution in [2.24, 2.45) is 0 Å². The summed E-state index contributed by atoms with van der Waals surface area (Å²) in [5, 5.41) is 15.0. The molecule has 2 amide bonds. The lowest BCUT2D eigenvalue weighted by Crippen LogP contribution is -2.36. The van der Waals surface area contributed by atoms with Crippen LogP contribution in [-0.4, -0.2) is 46.2 Å². The van der Waals surface area contributed by atoms with E-state index in [0.29, 0.717) is 23.0 Å². The average Bonchev–Trinajstić information content (AvgIpc) is 2.46. The van der Waals surface area contributed by atoms with E-state index >= 15 is 0 Å². The zero-order valence-electron chi connectivity index (χ0n) is 11.7. The van der Waals surface area contributed by atoms with E-state index in [1.807, 2.05) is 23.5 Å². The minimum absolute atomic E-state index is 0.247. The highest BCUT2D eigenvalue weighted by atomic mass is 32.2. The summed E-state index contributed by atoms with van der Waals surface area (Å²) in [6.07, 6.45) is 0. The minimum Gasteiger partial charge on any atom is -0.478 e. The van der Waals surface area contributed by atoms with Crippen LogP contribution in [0.2, 0.25) is 0 Å². The average molecular weight is 326 g/mol. The van der Waals surface area contributed by atoms with Gasteiger partial charge >= 0.3 is 12.0 Å². The van der Waals surface area contributed by atoms with Crippen LogP contribution in [0.1, 0.15) is 15.9 Å². The molecule has 0 spiro atoms. The fourth-order valence-electron chi connectivity index (χ4n) is 2.02. The maximum atomic E-state index is 11.8. The second kappa shape index (κ2) is 7.61. The maximum Gasteiger partial charge on any atom is 0.335 e. The Morgan fingerprint density at radius 3 is 2.81 bits per heavy atom. The third kappa shape index (κ3) is 4.86. The van der Waals surface area contributed by atoms with Crippen molar-refractivity contribution in [3.8, 4) is 0 Å². The maximum absolute atomic E-state index is 11.8. The molecule has 21 heavy (non-hydrogen) atoms. The smallest absolute Gasteiger partial charge is 0.335 e. The molecule has 0 aliphatic carbocycles. The van der Waals surface area contributed by atoms with Crippen LogP contribution in [0.3, 0.4) is 0 Å². The summed E-state index contributed by atoms with van der Waals surface area (Å²) in [6, 6.07) is 4.50.